The highest BCUT2D eigenvalue weighted by Crippen LogP contribution is 2.54. The Kier molecular flexibility index (Phi) is 3.62. The molecule has 2 unspecified atom stereocenters. The smallest absolute Gasteiger partial charge is 0.230 e. The number of nitrogens with two attached hydrogens (primary N) is 1. The van der Waals surface area contributed by atoms with Gasteiger partial charge in [-0.2, -0.15) is 4.98 Å². The normalized spacial score (nSPS) is 24.2. The summed E-state index contributed by atoms with van der Waals surface area (Å²) in [6.45, 7) is 0. The minimum absolute atomic E-state index is 0. The number of fused-ring (bicyclic) bond motifs is 1. The molecule has 2 fully saturated rings. The van der Waals surface area contributed by atoms with E-state index in [1.165, 1.54) is 16.3 Å². The summed E-state index contributed by atoms with van der Waals surface area (Å²) in [6, 6.07) is 15.2. The second-order valence-corrected chi connectivity index (χ2v) is 7.02. The largest absolute Gasteiger partial charge is 0.339 e. The topological polar surface area (TPSA) is 64.9 Å². The van der Waals surface area contributed by atoms with Gasteiger partial charge in [0.2, 0.25) is 5.89 Å². The molecule has 3 aromatic rings. The van der Waals surface area contributed by atoms with Gasteiger partial charge >= 0.3 is 0 Å². The second-order valence-electron chi connectivity index (χ2n) is 7.02. The first-order valence-electron chi connectivity index (χ1n) is 8.35. The number of rotatable bonds is 3. The number of benzene rings is 2. The number of hydrogen-bond donors (Lipinski definition) is 1. The van der Waals surface area contributed by atoms with Crippen LogP contribution in [-0.2, 0) is 5.54 Å². The molecule has 2 saturated carbocycles. The molecule has 0 radical (unpaired) electrons. The Morgan fingerprint density at radius 3 is 2.58 bits per heavy atom. The van der Waals surface area contributed by atoms with Crippen molar-refractivity contribution in [3.8, 4) is 0 Å². The van der Waals surface area contributed by atoms with Gasteiger partial charge in [0.1, 0.15) is 0 Å². The Labute approximate surface area is 146 Å². The minimum Gasteiger partial charge on any atom is -0.339 e. The van der Waals surface area contributed by atoms with Gasteiger partial charge in [-0.05, 0) is 47.9 Å². The maximum absolute atomic E-state index is 6.28. The van der Waals surface area contributed by atoms with E-state index in [9.17, 15) is 0 Å². The molecule has 0 saturated heterocycles. The molecule has 5 heteroatoms. The number of halogens is 1. The Morgan fingerprint density at radius 1 is 1.04 bits per heavy atom. The van der Waals surface area contributed by atoms with Gasteiger partial charge in [-0.3, -0.25) is 0 Å². The summed E-state index contributed by atoms with van der Waals surface area (Å²) in [5, 5.41) is 6.71. The quantitative estimate of drug-likeness (QED) is 0.773. The van der Waals surface area contributed by atoms with Crippen LogP contribution in [0.25, 0.3) is 10.8 Å². The van der Waals surface area contributed by atoms with Crippen molar-refractivity contribution in [2.45, 2.75) is 43.1 Å². The van der Waals surface area contributed by atoms with Crippen molar-refractivity contribution in [3.05, 3.63) is 59.7 Å². The molecule has 2 aliphatic rings. The van der Waals surface area contributed by atoms with Gasteiger partial charge in [0.15, 0.2) is 5.82 Å². The van der Waals surface area contributed by atoms with Crippen molar-refractivity contribution >= 4 is 23.2 Å². The first kappa shape index (κ1) is 15.6. The molecule has 4 nitrogen and oxygen atoms in total. The average molecular weight is 342 g/mol. The van der Waals surface area contributed by atoms with Crippen LogP contribution in [0.5, 0.6) is 0 Å². The van der Waals surface area contributed by atoms with Gasteiger partial charge in [0.25, 0.3) is 0 Å². The summed E-state index contributed by atoms with van der Waals surface area (Å²) >= 11 is 0. The zero-order valence-corrected chi connectivity index (χ0v) is 14.1. The molecule has 0 bridgehead atoms. The Balaban J connectivity index is 0.00000146. The summed E-state index contributed by atoms with van der Waals surface area (Å²) in [5.74, 6) is 2.29. The van der Waals surface area contributed by atoms with Gasteiger partial charge < -0.3 is 10.3 Å². The van der Waals surface area contributed by atoms with E-state index in [2.05, 4.69) is 52.6 Å². The molecule has 2 aliphatic carbocycles. The standard InChI is InChI=1S/C19H19N3O.ClH/c20-19(8-3-9-19)18-21-17(23-22-18)16-11-15(16)14-7-6-12-4-1-2-5-13(12)10-14;/h1-2,4-7,10,15-16H,3,8-9,11,20H2;1H. The molecule has 0 amide bonds. The fourth-order valence-electron chi connectivity index (χ4n) is 3.64. The molecule has 1 heterocycles. The molecule has 0 aliphatic heterocycles. The van der Waals surface area contributed by atoms with E-state index >= 15 is 0 Å². The number of hydrogen-bond acceptors (Lipinski definition) is 4. The Morgan fingerprint density at radius 2 is 1.83 bits per heavy atom. The Bertz CT molecular complexity index is 887. The fourth-order valence-corrected chi connectivity index (χ4v) is 3.64. The van der Waals surface area contributed by atoms with Crippen molar-refractivity contribution in [2.75, 3.05) is 0 Å². The van der Waals surface area contributed by atoms with Crippen molar-refractivity contribution in [3.63, 3.8) is 0 Å². The lowest BCUT2D eigenvalue weighted by Gasteiger charge is -2.34. The van der Waals surface area contributed by atoms with Gasteiger partial charge in [0.05, 0.1) is 5.54 Å². The second kappa shape index (κ2) is 5.57. The van der Waals surface area contributed by atoms with Crippen LogP contribution in [0, 0.1) is 0 Å². The lowest BCUT2D eigenvalue weighted by molar-refractivity contribution is 0.229. The molecule has 1 aromatic heterocycles. The van der Waals surface area contributed by atoms with E-state index in [-0.39, 0.29) is 17.9 Å². The molecule has 2 atom stereocenters. The number of nitrogens with zero attached hydrogens (tertiary/aromatic N) is 2. The van der Waals surface area contributed by atoms with E-state index < -0.39 is 0 Å². The van der Waals surface area contributed by atoms with Gasteiger partial charge in [0, 0.05) is 5.92 Å². The summed E-state index contributed by atoms with van der Waals surface area (Å²) in [7, 11) is 0. The molecule has 2 aromatic carbocycles. The predicted octanol–water partition coefficient (Wildman–Crippen LogP) is 4.25. The molecule has 24 heavy (non-hydrogen) atoms. The van der Waals surface area contributed by atoms with Crippen LogP contribution in [0.15, 0.2) is 47.0 Å². The maximum atomic E-state index is 6.28. The molecule has 0 spiro atoms. The van der Waals surface area contributed by atoms with E-state index in [1.54, 1.807) is 0 Å². The minimum atomic E-state index is -0.338. The van der Waals surface area contributed by atoms with Crippen LogP contribution in [0.2, 0.25) is 0 Å². The number of aromatic nitrogens is 2. The molecular weight excluding hydrogens is 322 g/mol. The highest BCUT2D eigenvalue weighted by Gasteiger charge is 2.46. The third-order valence-electron chi connectivity index (χ3n) is 5.44. The van der Waals surface area contributed by atoms with Crippen LogP contribution in [0.3, 0.4) is 0 Å². The first-order chi connectivity index (χ1) is 11.2. The summed E-state index contributed by atoms with van der Waals surface area (Å²) in [5.41, 5.74) is 7.30. The van der Waals surface area contributed by atoms with Crippen molar-refractivity contribution < 1.29 is 4.52 Å². The lowest BCUT2D eigenvalue weighted by atomic mass is 9.77. The van der Waals surface area contributed by atoms with Crippen LogP contribution < -0.4 is 5.73 Å². The van der Waals surface area contributed by atoms with E-state index in [0.29, 0.717) is 17.7 Å². The van der Waals surface area contributed by atoms with E-state index in [4.69, 9.17) is 10.3 Å². The highest BCUT2D eigenvalue weighted by atomic mass is 35.5. The average Bonchev–Trinajstić information content (AvgIpc) is 3.20. The van der Waals surface area contributed by atoms with Crippen LogP contribution in [0.4, 0.5) is 0 Å². The van der Waals surface area contributed by atoms with E-state index in [0.717, 1.165) is 31.6 Å². The first-order valence-corrected chi connectivity index (χ1v) is 8.35. The van der Waals surface area contributed by atoms with Crippen LogP contribution in [0.1, 0.15) is 54.8 Å². The maximum Gasteiger partial charge on any atom is 0.230 e. The molecular formula is C19H20ClN3O. The SMILES string of the molecule is Cl.NC1(c2noc(C3CC3c3ccc4ccccc4c3)n2)CCC1. The van der Waals surface area contributed by atoms with Gasteiger partial charge in [-0.1, -0.05) is 47.6 Å². The monoisotopic (exact) mass is 341 g/mol. The lowest BCUT2D eigenvalue weighted by Crippen LogP contribution is -2.44. The fraction of sp³-hybridized carbons (Fsp3) is 0.368. The van der Waals surface area contributed by atoms with Crippen molar-refractivity contribution in [1.29, 1.82) is 0 Å². The van der Waals surface area contributed by atoms with Crippen LogP contribution >= 0.6 is 12.4 Å². The predicted molar refractivity (Wildman–Crippen MR) is 95.3 cm³/mol. The summed E-state index contributed by atoms with van der Waals surface area (Å²) < 4.78 is 5.51. The molecule has 5 rings (SSSR count). The van der Waals surface area contributed by atoms with Crippen molar-refractivity contribution in [2.24, 2.45) is 5.73 Å². The summed E-state index contributed by atoms with van der Waals surface area (Å²) in [4.78, 5) is 4.60. The van der Waals surface area contributed by atoms with Gasteiger partial charge in [-0.25, -0.2) is 0 Å². The third kappa shape index (κ3) is 2.41. The zero-order chi connectivity index (χ0) is 15.4. The highest BCUT2D eigenvalue weighted by molar-refractivity contribution is 5.85. The van der Waals surface area contributed by atoms with E-state index in [1.807, 2.05) is 0 Å². The Hall–Kier alpha value is -1.91. The molecule has 124 valence electrons. The van der Waals surface area contributed by atoms with Crippen molar-refractivity contribution in [1.82, 2.24) is 10.1 Å². The molecule has 2 N–H and O–H groups in total. The van der Waals surface area contributed by atoms with Gasteiger partial charge in [-0.15, -0.1) is 12.4 Å². The third-order valence-corrected chi connectivity index (χ3v) is 5.44. The van der Waals surface area contributed by atoms with Crippen LogP contribution in [-0.4, -0.2) is 10.1 Å². The summed E-state index contributed by atoms with van der Waals surface area (Å²) in [6.07, 6.45) is 4.16. The zero-order valence-electron chi connectivity index (χ0n) is 13.3.